The lowest BCUT2D eigenvalue weighted by Crippen LogP contribution is -2.26. The van der Waals surface area contributed by atoms with E-state index in [9.17, 15) is 0 Å². The normalized spacial score (nSPS) is 14.4. The Kier molecular flexibility index (Phi) is 6.58. The van der Waals surface area contributed by atoms with Crippen LogP contribution in [0.15, 0.2) is 164 Å². The molecule has 2 aliphatic carbocycles. The van der Waals surface area contributed by atoms with Gasteiger partial charge < -0.3 is 4.90 Å². The highest BCUT2D eigenvalue weighted by Crippen LogP contribution is 2.66. The summed E-state index contributed by atoms with van der Waals surface area (Å²) in [5.41, 5.74) is 19.1. The van der Waals surface area contributed by atoms with Crippen molar-refractivity contribution in [1.82, 2.24) is 0 Å². The summed E-state index contributed by atoms with van der Waals surface area (Å²) in [4.78, 5) is 2.55. The Morgan fingerprint density at radius 3 is 1.18 bits per heavy atom. The van der Waals surface area contributed by atoms with E-state index >= 15 is 0 Å². The zero-order valence-electron chi connectivity index (χ0n) is 28.5. The first-order valence-corrected chi connectivity index (χ1v) is 17.4. The van der Waals surface area contributed by atoms with Gasteiger partial charge in [0.2, 0.25) is 0 Å². The van der Waals surface area contributed by atoms with Gasteiger partial charge in [-0.1, -0.05) is 167 Å². The molecule has 0 bridgehead atoms. The lowest BCUT2D eigenvalue weighted by molar-refractivity contribution is 0.640. The number of rotatable bonds is 5. The molecular weight excluding hydrogens is 591 g/mol. The van der Waals surface area contributed by atoms with E-state index in [1.807, 2.05) is 0 Å². The second-order valence-corrected chi connectivity index (χ2v) is 14.5. The molecule has 7 aromatic rings. The number of nitrogens with zero attached hydrogens (tertiary/aromatic N) is 1. The maximum absolute atomic E-state index is 2.55. The molecule has 0 spiro atoms. The Morgan fingerprint density at radius 1 is 0.347 bits per heavy atom. The molecular formula is C48H39N. The average Bonchev–Trinajstić information content (AvgIpc) is 3.53. The van der Waals surface area contributed by atoms with Crippen molar-refractivity contribution in [3.05, 3.63) is 186 Å². The first kappa shape index (κ1) is 29.5. The lowest BCUT2D eigenvalue weighted by Gasteiger charge is -2.38. The second kappa shape index (κ2) is 10.9. The molecule has 0 radical (unpaired) electrons. The van der Waals surface area contributed by atoms with Gasteiger partial charge in [0.25, 0.3) is 0 Å². The van der Waals surface area contributed by atoms with Crippen LogP contribution in [0.25, 0.3) is 44.5 Å². The number of para-hydroxylation sites is 2. The van der Waals surface area contributed by atoms with Gasteiger partial charge in [0.05, 0.1) is 5.69 Å². The highest BCUT2D eigenvalue weighted by atomic mass is 15.2. The van der Waals surface area contributed by atoms with E-state index in [0.29, 0.717) is 0 Å². The molecule has 0 amide bonds. The van der Waals surface area contributed by atoms with Gasteiger partial charge in [-0.15, -0.1) is 0 Å². The highest BCUT2D eigenvalue weighted by molar-refractivity contribution is 6.11. The summed E-state index contributed by atoms with van der Waals surface area (Å²) in [5.74, 6) is 0. The van der Waals surface area contributed by atoms with Crippen LogP contribution in [0.1, 0.15) is 49.9 Å². The molecule has 1 heteroatoms. The smallest absolute Gasteiger partial charge is 0.0556 e. The van der Waals surface area contributed by atoms with Crippen LogP contribution in [0.5, 0.6) is 0 Å². The third kappa shape index (κ3) is 4.25. The second-order valence-electron chi connectivity index (χ2n) is 14.5. The fourth-order valence-electron chi connectivity index (χ4n) is 8.88. The minimum Gasteiger partial charge on any atom is -0.310 e. The zero-order valence-corrected chi connectivity index (χ0v) is 28.5. The summed E-state index contributed by atoms with van der Waals surface area (Å²) in [6, 6.07) is 60.1. The number of hydrogen-bond acceptors (Lipinski definition) is 1. The molecule has 0 saturated heterocycles. The third-order valence-electron chi connectivity index (χ3n) is 11.0. The van der Waals surface area contributed by atoms with Gasteiger partial charge >= 0.3 is 0 Å². The van der Waals surface area contributed by atoms with Crippen LogP contribution in [-0.2, 0) is 10.8 Å². The van der Waals surface area contributed by atoms with E-state index in [0.717, 1.165) is 11.4 Å². The molecule has 49 heavy (non-hydrogen) atoms. The Morgan fingerprint density at radius 2 is 0.714 bits per heavy atom. The summed E-state index contributed by atoms with van der Waals surface area (Å²) in [6.07, 6.45) is 0. The maximum atomic E-state index is 2.55. The van der Waals surface area contributed by atoms with Gasteiger partial charge in [-0.2, -0.15) is 0 Å². The van der Waals surface area contributed by atoms with Crippen LogP contribution in [0.2, 0.25) is 0 Å². The fourth-order valence-corrected chi connectivity index (χ4v) is 8.88. The Bertz CT molecular complexity index is 2240. The van der Waals surface area contributed by atoms with Crippen molar-refractivity contribution < 1.29 is 0 Å². The molecule has 7 aromatic carbocycles. The van der Waals surface area contributed by atoms with Crippen molar-refractivity contribution in [2.45, 2.75) is 38.5 Å². The van der Waals surface area contributed by atoms with E-state index in [4.69, 9.17) is 0 Å². The molecule has 2 aliphatic rings. The first-order valence-electron chi connectivity index (χ1n) is 17.4. The predicted molar refractivity (Wildman–Crippen MR) is 207 cm³/mol. The minimum atomic E-state index is -0.264. The largest absolute Gasteiger partial charge is 0.310 e. The zero-order chi connectivity index (χ0) is 33.3. The average molecular weight is 630 g/mol. The van der Waals surface area contributed by atoms with Gasteiger partial charge in [0.1, 0.15) is 0 Å². The third-order valence-corrected chi connectivity index (χ3v) is 11.0. The minimum absolute atomic E-state index is 0.264. The topological polar surface area (TPSA) is 3.24 Å². The van der Waals surface area contributed by atoms with Gasteiger partial charge in [-0.3, -0.25) is 0 Å². The number of benzene rings is 7. The molecule has 236 valence electrons. The Hall–Kier alpha value is -5.66. The van der Waals surface area contributed by atoms with E-state index in [2.05, 4.69) is 196 Å². The molecule has 9 rings (SSSR count). The summed E-state index contributed by atoms with van der Waals surface area (Å²) >= 11 is 0. The quantitative estimate of drug-likeness (QED) is 0.183. The van der Waals surface area contributed by atoms with E-state index in [1.165, 1.54) is 72.4 Å². The predicted octanol–water partition coefficient (Wildman–Crippen LogP) is 13.1. The van der Waals surface area contributed by atoms with Gasteiger partial charge in [0, 0.05) is 22.2 Å². The van der Waals surface area contributed by atoms with Gasteiger partial charge in [-0.25, -0.2) is 0 Å². The fraction of sp³-hybridized carbons (Fsp3) is 0.125. The van der Waals surface area contributed by atoms with Crippen LogP contribution in [0.3, 0.4) is 0 Å². The number of fused-ring (bicyclic) bond motifs is 6. The SMILES string of the molecule is CC1(C)c2ccccc2-c2c(-c3ccccc3-c3ccccc3)c3c(c(N(c4ccccc4)c4ccccc4)c21)C(C)(C)c1ccccc1-3. The lowest BCUT2D eigenvalue weighted by atomic mass is 9.73. The summed E-state index contributed by atoms with van der Waals surface area (Å²) in [6.45, 7) is 9.74. The maximum Gasteiger partial charge on any atom is 0.0556 e. The summed E-state index contributed by atoms with van der Waals surface area (Å²) in [7, 11) is 0. The van der Waals surface area contributed by atoms with Crippen molar-refractivity contribution in [3.8, 4) is 44.5 Å². The number of hydrogen-bond donors (Lipinski definition) is 0. The molecule has 0 N–H and O–H groups in total. The van der Waals surface area contributed by atoms with Crippen molar-refractivity contribution in [2.75, 3.05) is 4.90 Å². The van der Waals surface area contributed by atoms with Crippen LogP contribution in [0, 0.1) is 0 Å². The molecule has 0 atom stereocenters. The summed E-state index contributed by atoms with van der Waals surface area (Å²) < 4.78 is 0. The first-order chi connectivity index (χ1) is 23.9. The van der Waals surface area contributed by atoms with Crippen LogP contribution in [0.4, 0.5) is 17.1 Å². The standard InChI is InChI=1S/C48H39N/c1-47(2)39-30-18-16-28-37(39)42-41(36-27-15-14-26-35(36)32-20-8-5-9-21-32)43-38-29-17-19-31-40(38)48(3,4)45(43)46(44(42)47)49(33-22-10-6-11-23-33)34-24-12-7-13-25-34/h5-31H,1-4H3. The Balaban J connectivity index is 1.54. The monoisotopic (exact) mass is 629 g/mol. The molecule has 0 heterocycles. The molecule has 1 nitrogen and oxygen atoms in total. The van der Waals surface area contributed by atoms with Crippen molar-refractivity contribution in [2.24, 2.45) is 0 Å². The molecule has 0 fully saturated rings. The van der Waals surface area contributed by atoms with Crippen molar-refractivity contribution in [1.29, 1.82) is 0 Å². The van der Waals surface area contributed by atoms with Crippen molar-refractivity contribution >= 4 is 17.1 Å². The highest BCUT2D eigenvalue weighted by Gasteiger charge is 2.49. The van der Waals surface area contributed by atoms with Gasteiger partial charge in [-0.05, 0) is 91.0 Å². The van der Waals surface area contributed by atoms with Gasteiger partial charge in [0.15, 0.2) is 0 Å². The van der Waals surface area contributed by atoms with E-state index in [1.54, 1.807) is 0 Å². The van der Waals surface area contributed by atoms with Crippen LogP contribution >= 0.6 is 0 Å². The Labute approximate surface area is 290 Å². The van der Waals surface area contributed by atoms with Crippen LogP contribution < -0.4 is 4.90 Å². The summed E-state index contributed by atoms with van der Waals surface area (Å²) in [5, 5.41) is 0. The molecule has 0 saturated carbocycles. The number of anilines is 3. The van der Waals surface area contributed by atoms with E-state index in [-0.39, 0.29) is 10.8 Å². The van der Waals surface area contributed by atoms with Crippen molar-refractivity contribution in [3.63, 3.8) is 0 Å². The molecule has 0 aromatic heterocycles. The molecule has 0 unspecified atom stereocenters. The van der Waals surface area contributed by atoms with Crippen LogP contribution in [-0.4, -0.2) is 0 Å². The molecule has 0 aliphatic heterocycles. The van der Waals surface area contributed by atoms with E-state index < -0.39 is 0 Å².